The van der Waals surface area contributed by atoms with Crippen LogP contribution in [-0.2, 0) is 16.2 Å². The van der Waals surface area contributed by atoms with Crippen LogP contribution in [0.4, 0.5) is 0 Å². The van der Waals surface area contributed by atoms with Crippen LogP contribution in [0, 0.1) is 0 Å². The zero-order chi connectivity index (χ0) is 14.6. The minimum Gasteiger partial charge on any atom is -0.598 e. The third-order valence-corrected chi connectivity index (χ3v) is 4.36. The van der Waals surface area contributed by atoms with Crippen molar-refractivity contribution in [2.24, 2.45) is 0 Å². The van der Waals surface area contributed by atoms with Crippen molar-refractivity contribution >= 4 is 33.3 Å². The van der Waals surface area contributed by atoms with E-state index >= 15 is 0 Å². The topological polar surface area (TPSA) is 85.3 Å². The number of carboxylic acid groups (broad SMARTS) is 1. The van der Waals surface area contributed by atoms with E-state index in [1.54, 1.807) is 18.5 Å². The molecule has 1 aromatic rings. The van der Waals surface area contributed by atoms with E-state index in [2.05, 4.69) is 25.6 Å². The van der Waals surface area contributed by atoms with Crippen LogP contribution in [0.2, 0.25) is 0 Å². The fourth-order valence-corrected chi connectivity index (χ4v) is 2.54. The van der Waals surface area contributed by atoms with Crippen LogP contribution in [-0.4, -0.2) is 25.4 Å². The second-order valence-corrected chi connectivity index (χ2v) is 8.00. The summed E-state index contributed by atoms with van der Waals surface area (Å²) < 4.78 is 15.2. The van der Waals surface area contributed by atoms with Gasteiger partial charge in [0.15, 0.2) is 0 Å². The van der Waals surface area contributed by atoms with Gasteiger partial charge in [0.2, 0.25) is 0 Å². The summed E-state index contributed by atoms with van der Waals surface area (Å²) in [5.41, 5.74) is 0.689. The molecule has 0 radical (unpaired) electrons. The summed E-state index contributed by atoms with van der Waals surface area (Å²) in [7, 11) is 0. The number of carboxylic acids is 1. The standard InChI is InChI=1S/C12H17BrN2O3S/c1-12(2,3)19(18)15-10(5-11(16)17)8-4-9(13)7-14-6-8/h4,6-7,10,15H,5H2,1-3H3,(H,16,17). The Morgan fingerprint density at radius 1 is 1.58 bits per heavy atom. The molecule has 1 aromatic heterocycles. The van der Waals surface area contributed by atoms with Crippen LogP contribution >= 0.6 is 15.9 Å². The lowest BCUT2D eigenvalue weighted by molar-refractivity contribution is -0.137. The molecule has 0 fully saturated rings. The predicted molar refractivity (Wildman–Crippen MR) is 78.0 cm³/mol. The molecule has 0 aliphatic rings. The maximum Gasteiger partial charge on any atom is 0.305 e. The van der Waals surface area contributed by atoms with Gasteiger partial charge in [-0.15, -0.1) is 4.72 Å². The van der Waals surface area contributed by atoms with Gasteiger partial charge in [-0.05, 0) is 48.3 Å². The van der Waals surface area contributed by atoms with E-state index in [9.17, 15) is 9.35 Å². The molecular weight excluding hydrogens is 332 g/mol. The molecule has 0 amide bonds. The van der Waals surface area contributed by atoms with Crippen molar-refractivity contribution in [3.8, 4) is 0 Å². The number of halogens is 1. The summed E-state index contributed by atoms with van der Waals surface area (Å²) in [6, 6.07) is 1.23. The average Bonchev–Trinajstić information content (AvgIpc) is 2.26. The number of hydrogen-bond donors (Lipinski definition) is 2. The summed E-state index contributed by atoms with van der Waals surface area (Å²) >= 11 is 1.94. The molecule has 0 aliphatic carbocycles. The van der Waals surface area contributed by atoms with E-state index < -0.39 is 28.1 Å². The molecular formula is C12H17BrN2O3S. The van der Waals surface area contributed by atoms with Crippen LogP contribution in [0.1, 0.15) is 38.8 Å². The quantitative estimate of drug-likeness (QED) is 0.798. The lowest BCUT2D eigenvalue weighted by Crippen LogP contribution is -2.41. The lowest BCUT2D eigenvalue weighted by Gasteiger charge is -2.27. The van der Waals surface area contributed by atoms with Gasteiger partial charge in [0.25, 0.3) is 0 Å². The summed E-state index contributed by atoms with van der Waals surface area (Å²) in [5, 5.41) is 8.96. The second kappa shape index (κ2) is 6.69. The highest BCUT2D eigenvalue weighted by Gasteiger charge is 2.30. The molecule has 7 heteroatoms. The number of carbonyl (C=O) groups is 1. The molecule has 1 heterocycles. The summed E-state index contributed by atoms with van der Waals surface area (Å²) in [4.78, 5) is 14.9. The summed E-state index contributed by atoms with van der Waals surface area (Å²) in [6.45, 7) is 5.48. The largest absolute Gasteiger partial charge is 0.598 e. The molecule has 0 saturated heterocycles. The molecule has 0 aliphatic heterocycles. The monoisotopic (exact) mass is 348 g/mol. The highest BCUT2D eigenvalue weighted by molar-refractivity contribution is 9.10. The molecule has 2 N–H and O–H groups in total. The number of nitrogens with zero attached hydrogens (tertiary/aromatic N) is 1. The Labute approximate surface area is 124 Å². The molecule has 5 nitrogen and oxygen atoms in total. The normalized spacial score (nSPS) is 15.0. The summed E-state index contributed by atoms with van der Waals surface area (Å²) in [6.07, 6.45) is 3.03. The van der Waals surface area contributed by atoms with Crippen molar-refractivity contribution in [2.75, 3.05) is 0 Å². The Morgan fingerprint density at radius 3 is 2.68 bits per heavy atom. The number of rotatable bonds is 5. The zero-order valence-electron chi connectivity index (χ0n) is 11.0. The average molecular weight is 349 g/mol. The highest BCUT2D eigenvalue weighted by atomic mass is 79.9. The SMILES string of the molecule is CC(C)(C)[S+]([O-])NC(CC(=O)O)c1cncc(Br)c1. The van der Waals surface area contributed by atoms with Crippen LogP contribution in [0.3, 0.4) is 0 Å². The lowest BCUT2D eigenvalue weighted by atomic mass is 10.1. The Bertz CT molecular complexity index is 451. The third-order valence-electron chi connectivity index (χ3n) is 2.31. The molecule has 1 rings (SSSR count). The van der Waals surface area contributed by atoms with Crippen molar-refractivity contribution in [1.82, 2.24) is 9.71 Å². The number of hydrogen-bond acceptors (Lipinski definition) is 4. The number of aromatic nitrogens is 1. The van der Waals surface area contributed by atoms with Gasteiger partial charge in [0.05, 0.1) is 12.5 Å². The highest BCUT2D eigenvalue weighted by Crippen LogP contribution is 2.23. The van der Waals surface area contributed by atoms with Gasteiger partial charge in [-0.25, -0.2) is 0 Å². The molecule has 19 heavy (non-hydrogen) atoms. The fourth-order valence-electron chi connectivity index (χ4n) is 1.33. The first-order valence-electron chi connectivity index (χ1n) is 5.70. The van der Waals surface area contributed by atoms with Crippen LogP contribution in [0.25, 0.3) is 0 Å². The van der Waals surface area contributed by atoms with E-state index in [1.807, 2.05) is 20.8 Å². The molecule has 106 valence electrons. The molecule has 2 atom stereocenters. The van der Waals surface area contributed by atoms with Gasteiger partial charge < -0.3 is 9.66 Å². The molecule has 2 unspecified atom stereocenters. The molecule has 0 spiro atoms. The number of pyridine rings is 1. The fraction of sp³-hybridized carbons (Fsp3) is 0.500. The molecule has 0 aromatic carbocycles. The van der Waals surface area contributed by atoms with Gasteiger partial charge >= 0.3 is 5.97 Å². The maximum atomic E-state index is 12.1. The van der Waals surface area contributed by atoms with Gasteiger partial charge in [0, 0.05) is 28.2 Å². The minimum atomic E-state index is -1.35. The smallest absolute Gasteiger partial charge is 0.305 e. The van der Waals surface area contributed by atoms with Crippen LogP contribution in [0.5, 0.6) is 0 Å². The minimum absolute atomic E-state index is 0.153. The Hall–Kier alpha value is -0.630. The van der Waals surface area contributed by atoms with E-state index in [1.165, 1.54) is 0 Å². The summed E-state index contributed by atoms with van der Waals surface area (Å²) in [5.74, 6) is -0.955. The van der Waals surface area contributed by atoms with Crippen molar-refractivity contribution in [1.29, 1.82) is 0 Å². The van der Waals surface area contributed by atoms with Crippen LogP contribution < -0.4 is 4.72 Å². The van der Waals surface area contributed by atoms with Gasteiger partial charge in [0.1, 0.15) is 4.75 Å². The molecule has 0 bridgehead atoms. The van der Waals surface area contributed by atoms with Crippen molar-refractivity contribution in [2.45, 2.75) is 38.0 Å². The first-order chi connectivity index (χ1) is 8.70. The number of aliphatic carboxylic acids is 1. The third kappa shape index (κ3) is 5.48. The number of nitrogens with one attached hydrogen (secondary N) is 1. The predicted octanol–water partition coefficient (Wildman–Crippen LogP) is 2.41. The van der Waals surface area contributed by atoms with Crippen molar-refractivity contribution < 1.29 is 14.5 Å². The molecule has 0 saturated carbocycles. The van der Waals surface area contributed by atoms with E-state index in [-0.39, 0.29) is 6.42 Å². The van der Waals surface area contributed by atoms with E-state index in [0.717, 1.165) is 4.47 Å². The van der Waals surface area contributed by atoms with Gasteiger partial charge in [-0.2, -0.15) is 0 Å². The van der Waals surface area contributed by atoms with Gasteiger partial charge in [-0.1, -0.05) is 0 Å². The van der Waals surface area contributed by atoms with Crippen LogP contribution in [0.15, 0.2) is 22.9 Å². The van der Waals surface area contributed by atoms with E-state index in [4.69, 9.17) is 5.11 Å². The van der Waals surface area contributed by atoms with Crippen molar-refractivity contribution in [3.63, 3.8) is 0 Å². The first-order valence-corrected chi connectivity index (χ1v) is 7.64. The maximum absolute atomic E-state index is 12.1. The van der Waals surface area contributed by atoms with Crippen molar-refractivity contribution in [3.05, 3.63) is 28.5 Å². The first kappa shape index (κ1) is 16.4. The Balaban J connectivity index is 2.92. The van der Waals surface area contributed by atoms with Gasteiger partial charge in [-0.3, -0.25) is 9.78 Å². The Morgan fingerprint density at radius 2 is 2.21 bits per heavy atom. The zero-order valence-corrected chi connectivity index (χ0v) is 13.4. The Kier molecular flexibility index (Phi) is 5.79. The second-order valence-electron chi connectivity index (χ2n) is 5.09. The van der Waals surface area contributed by atoms with E-state index in [0.29, 0.717) is 5.56 Å².